The van der Waals surface area contributed by atoms with Crippen LogP contribution >= 0.6 is 11.3 Å². The molecule has 0 spiro atoms. The molecular weight excluding hydrogens is 173 g/mol. The number of hydrogen-bond acceptors (Lipinski definition) is 2. The molecule has 1 aliphatic rings. The molecule has 2 rings (SSSR count). The molecule has 2 heterocycles. The smallest absolute Gasteiger partial charge is 0.176 e. The van der Waals surface area contributed by atoms with Crippen LogP contribution in [-0.2, 0) is 0 Å². The summed E-state index contributed by atoms with van der Waals surface area (Å²) in [6.45, 7) is 1.07. The fourth-order valence-electron chi connectivity index (χ4n) is 1.61. The first-order valence-corrected chi connectivity index (χ1v) is 5.16. The molecule has 1 atom stereocenters. The minimum Gasteiger partial charge on any atom is -0.309 e. The minimum atomic E-state index is -0.0719. The zero-order valence-corrected chi connectivity index (χ0v) is 7.66. The summed E-state index contributed by atoms with van der Waals surface area (Å²) < 4.78 is 12.7. The Bertz CT molecular complexity index is 253. The predicted molar refractivity (Wildman–Crippen MR) is 48.9 cm³/mol. The lowest BCUT2D eigenvalue weighted by Crippen LogP contribution is -2.25. The van der Waals surface area contributed by atoms with Gasteiger partial charge in [0.05, 0.1) is 0 Å². The van der Waals surface area contributed by atoms with Crippen molar-refractivity contribution in [3.05, 3.63) is 22.1 Å². The molecule has 1 N–H and O–H groups in total. The molecule has 0 bridgehead atoms. The van der Waals surface area contributed by atoms with Gasteiger partial charge in [-0.2, -0.15) is 4.39 Å². The molecule has 0 aromatic carbocycles. The van der Waals surface area contributed by atoms with E-state index in [0.717, 1.165) is 17.8 Å². The first-order chi connectivity index (χ1) is 5.86. The quantitative estimate of drug-likeness (QED) is 0.709. The standard InChI is InChI=1S/C9H12FNS/c10-9-5-4-8(12-9)7-3-1-2-6-11-7/h4-5,7,11H,1-3,6H2. The van der Waals surface area contributed by atoms with Crippen molar-refractivity contribution in [2.45, 2.75) is 25.3 Å². The fourth-order valence-corrected chi connectivity index (χ4v) is 2.45. The van der Waals surface area contributed by atoms with Crippen molar-refractivity contribution >= 4 is 11.3 Å². The van der Waals surface area contributed by atoms with Crippen LogP contribution in [0.1, 0.15) is 30.2 Å². The van der Waals surface area contributed by atoms with E-state index in [1.807, 2.05) is 6.07 Å². The Morgan fingerprint density at radius 2 is 2.33 bits per heavy atom. The Hall–Kier alpha value is -0.410. The molecular formula is C9H12FNS. The number of rotatable bonds is 1. The summed E-state index contributed by atoms with van der Waals surface area (Å²) in [5.41, 5.74) is 0. The monoisotopic (exact) mass is 185 g/mol. The molecule has 0 amide bonds. The minimum absolute atomic E-state index is 0.0719. The van der Waals surface area contributed by atoms with Crippen LogP contribution in [0.15, 0.2) is 12.1 Å². The van der Waals surface area contributed by atoms with Crippen LogP contribution in [0.3, 0.4) is 0 Å². The lowest BCUT2D eigenvalue weighted by molar-refractivity contribution is 0.417. The molecule has 66 valence electrons. The number of piperidine rings is 1. The van der Waals surface area contributed by atoms with Gasteiger partial charge in [-0.05, 0) is 31.5 Å². The van der Waals surface area contributed by atoms with Gasteiger partial charge in [-0.15, -0.1) is 11.3 Å². The highest BCUT2D eigenvalue weighted by molar-refractivity contribution is 7.10. The molecule has 1 aromatic heterocycles. The van der Waals surface area contributed by atoms with Crippen molar-refractivity contribution in [3.63, 3.8) is 0 Å². The van der Waals surface area contributed by atoms with Crippen LogP contribution in [0.25, 0.3) is 0 Å². The van der Waals surface area contributed by atoms with Gasteiger partial charge >= 0.3 is 0 Å². The molecule has 1 nitrogen and oxygen atoms in total. The summed E-state index contributed by atoms with van der Waals surface area (Å²) in [6.07, 6.45) is 3.67. The van der Waals surface area contributed by atoms with Crippen molar-refractivity contribution in [2.24, 2.45) is 0 Å². The molecule has 1 saturated heterocycles. The molecule has 1 unspecified atom stereocenters. The van der Waals surface area contributed by atoms with Gasteiger partial charge in [0.2, 0.25) is 0 Å². The molecule has 12 heavy (non-hydrogen) atoms. The summed E-state index contributed by atoms with van der Waals surface area (Å²) in [5.74, 6) is 0. The Balaban J connectivity index is 2.08. The molecule has 0 saturated carbocycles. The van der Waals surface area contributed by atoms with E-state index < -0.39 is 0 Å². The zero-order valence-electron chi connectivity index (χ0n) is 6.85. The van der Waals surface area contributed by atoms with Gasteiger partial charge in [0, 0.05) is 10.9 Å². The van der Waals surface area contributed by atoms with Gasteiger partial charge in [0.1, 0.15) is 0 Å². The molecule has 1 fully saturated rings. The number of hydrogen-bond donors (Lipinski definition) is 1. The lowest BCUT2D eigenvalue weighted by Gasteiger charge is -2.21. The van der Waals surface area contributed by atoms with Gasteiger partial charge in [0.15, 0.2) is 5.13 Å². The second-order valence-corrected chi connectivity index (χ2v) is 4.21. The van der Waals surface area contributed by atoms with Gasteiger partial charge in [0.25, 0.3) is 0 Å². The van der Waals surface area contributed by atoms with Crippen LogP contribution in [0.4, 0.5) is 4.39 Å². The third kappa shape index (κ3) is 1.67. The maximum atomic E-state index is 12.7. The van der Waals surface area contributed by atoms with E-state index in [4.69, 9.17) is 0 Å². The lowest BCUT2D eigenvalue weighted by atomic mass is 10.0. The van der Waals surface area contributed by atoms with Crippen molar-refractivity contribution in [1.82, 2.24) is 5.32 Å². The molecule has 1 aliphatic heterocycles. The first kappa shape index (κ1) is 8.20. The van der Waals surface area contributed by atoms with Gasteiger partial charge < -0.3 is 5.32 Å². The second-order valence-electron chi connectivity index (χ2n) is 3.14. The summed E-state index contributed by atoms with van der Waals surface area (Å²) in [5, 5.41) is 3.32. The first-order valence-electron chi connectivity index (χ1n) is 4.35. The maximum Gasteiger partial charge on any atom is 0.176 e. The summed E-state index contributed by atoms with van der Waals surface area (Å²) in [4.78, 5) is 1.15. The van der Waals surface area contributed by atoms with Crippen molar-refractivity contribution in [3.8, 4) is 0 Å². The highest BCUT2D eigenvalue weighted by Gasteiger charge is 2.16. The van der Waals surface area contributed by atoms with E-state index in [2.05, 4.69) is 5.32 Å². The van der Waals surface area contributed by atoms with Gasteiger partial charge in [-0.25, -0.2) is 0 Å². The Morgan fingerprint density at radius 1 is 1.42 bits per heavy atom. The highest BCUT2D eigenvalue weighted by atomic mass is 32.1. The molecule has 0 aliphatic carbocycles. The van der Waals surface area contributed by atoms with Crippen LogP contribution < -0.4 is 5.32 Å². The zero-order chi connectivity index (χ0) is 8.39. The number of nitrogens with one attached hydrogen (secondary N) is 1. The topological polar surface area (TPSA) is 12.0 Å². The van der Waals surface area contributed by atoms with E-state index in [1.54, 1.807) is 6.07 Å². The number of thiophene rings is 1. The Kier molecular flexibility index (Phi) is 2.42. The SMILES string of the molecule is Fc1ccc(C2CCCCN2)s1. The average molecular weight is 185 g/mol. The fraction of sp³-hybridized carbons (Fsp3) is 0.556. The van der Waals surface area contributed by atoms with E-state index in [0.29, 0.717) is 6.04 Å². The molecule has 0 radical (unpaired) electrons. The van der Waals surface area contributed by atoms with E-state index >= 15 is 0 Å². The van der Waals surface area contributed by atoms with Crippen molar-refractivity contribution in [1.29, 1.82) is 0 Å². The number of halogens is 1. The van der Waals surface area contributed by atoms with E-state index in [1.165, 1.54) is 24.2 Å². The van der Waals surface area contributed by atoms with Crippen molar-refractivity contribution < 1.29 is 4.39 Å². The predicted octanol–water partition coefficient (Wildman–Crippen LogP) is 2.70. The molecule has 1 aromatic rings. The summed E-state index contributed by atoms with van der Waals surface area (Å²) in [7, 11) is 0. The third-order valence-corrected chi connectivity index (χ3v) is 3.24. The van der Waals surface area contributed by atoms with E-state index in [-0.39, 0.29) is 5.13 Å². The Labute approximate surface area is 75.6 Å². The summed E-state index contributed by atoms with van der Waals surface area (Å²) >= 11 is 1.27. The van der Waals surface area contributed by atoms with Crippen LogP contribution in [0, 0.1) is 5.13 Å². The summed E-state index contributed by atoms with van der Waals surface area (Å²) in [6, 6.07) is 3.85. The van der Waals surface area contributed by atoms with Gasteiger partial charge in [-0.1, -0.05) is 6.42 Å². The molecule has 3 heteroatoms. The maximum absolute atomic E-state index is 12.7. The Morgan fingerprint density at radius 3 is 2.92 bits per heavy atom. The third-order valence-electron chi connectivity index (χ3n) is 2.25. The van der Waals surface area contributed by atoms with E-state index in [9.17, 15) is 4.39 Å². The average Bonchev–Trinajstić information content (AvgIpc) is 2.54. The second kappa shape index (κ2) is 3.54. The van der Waals surface area contributed by atoms with Crippen LogP contribution in [0.5, 0.6) is 0 Å². The van der Waals surface area contributed by atoms with Crippen molar-refractivity contribution in [2.75, 3.05) is 6.54 Å². The highest BCUT2D eigenvalue weighted by Crippen LogP contribution is 2.27. The largest absolute Gasteiger partial charge is 0.309 e. The van der Waals surface area contributed by atoms with Crippen LogP contribution in [0.2, 0.25) is 0 Å². The van der Waals surface area contributed by atoms with Crippen LogP contribution in [-0.4, -0.2) is 6.54 Å². The normalized spacial score (nSPS) is 24.2. The van der Waals surface area contributed by atoms with Gasteiger partial charge in [-0.3, -0.25) is 0 Å².